The number of nitrogens with zero attached hydrogens (tertiary/aromatic N) is 2. The number of H-pyrrole nitrogens is 1. The van der Waals surface area contributed by atoms with Crippen LogP contribution in [0.4, 0.5) is 0 Å². The number of amides is 1. The predicted molar refractivity (Wildman–Crippen MR) is 105 cm³/mol. The van der Waals surface area contributed by atoms with Crippen molar-refractivity contribution in [2.24, 2.45) is 11.8 Å². The lowest BCUT2D eigenvalue weighted by Gasteiger charge is -2.40. The first-order valence-corrected chi connectivity index (χ1v) is 10.2. The maximum atomic E-state index is 13.0. The molecule has 1 aliphatic carbocycles. The molecule has 0 unspecified atom stereocenters. The summed E-state index contributed by atoms with van der Waals surface area (Å²) in [5.41, 5.74) is 3.01. The first-order chi connectivity index (χ1) is 13.0. The average Bonchev–Trinajstić information content (AvgIpc) is 3.36. The summed E-state index contributed by atoms with van der Waals surface area (Å²) in [5.74, 6) is 0.604. The number of hydrogen-bond acceptors (Lipinski definition) is 3. The van der Waals surface area contributed by atoms with E-state index < -0.39 is 5.60 Å². The van der Waals surface area contributed by atoms with E-state index in [1.165, 1.54) is 5.56 Å². The molecule has 2 fully saturated rings. The Kier molecular flexibility index (Phi) is 4.81. The highest BCUT2D eigenvalue weighted by Crippen LogP contribution is 2.44. The summed E-state index contributed by atoms with van der Waals surface area (Å²) in [7, 11) is 0. The van der Waals surface area contributed by atoms with E-state index in [-0.39, 0.29) is 11.8 Å². The first kappa shape index (κ1) is 18.2. The van der Waals surface area contributed by atoms with E-state index in [1.807, 2.05) is 11.0 Å². The van der Waals surface area contributed by atoms with Gasteiger partial charge in [-0.1, -0.05) is 44.5 Å². The van der Waals surface area contributed by atoms with Crippen molar-refractivity contribution in [1.82, 2.24) is 15.1 Å². The second-order valence-electron chi connectivity index (χ2n) is 8.14. The van der Waals surface area contributed by atoms with Gasteiger partial charge < -0.3 is 10.0 Å². The van der Waals surface area contributed by atoms with Crippen molar-refractivity contribution in [2.45, 2.75) is 51.6 Å². The molecule has 27 heavy (non-hydrogen) atoms. The van der Waals surface area contributed by atoms with Crippen LogP contribution in [0.3, 0.4) is 0 Å². The van der Waals surface area contributed by atoms with Gasteiger partial charge in [0.05, 0.1) is 11.3 Å². The second kappa shape index (κ2) is 7.12. The Morgan fingerprint density at radius 3 is 2.78 bits per heavy atom. The van der Waals surface area contributed by atoms with Gasteiger partial charge in [-0.2, -0.15) is 5.10 Å². The van der Waals surface area contributed by atoms with Crippen LogP contribution in [-0.4, -0.2) is 44.8 Å². The van der Waals surface area contributed by atoms with Crippen LogP contribution in [0.2, 0.25) is 0 Å². The highest BCUT2D eigenvalue weighted by Gasteiger charge is 2.48. The van der Waals surface area contributed by atoms with Crippen molar-refractivity contribution in [2.75, 3.05) is 13.1 Å². The summed E-state index contributed by atoms with van der Waals surface area (Å²) in [6, 6.07) is 10.1. The van der Waals surface area contributed by atoms with Crippen molar-refractivity contribution in [3.05, 3.63) is 41.6 Å². The quantitative estimate of drug-likeness (QED) is 0.867. The molecule has 1 saturated heterocycles. The first-order valence-electron chi connectivity index (χ1n) is 10.2. The number of hydrogen-bond donors (Lipinski definition) is 2. The standard InChI is InChI=1S/C22H29N3O2/c1-3-15-7-9-16(10-8-15)19-12-20(24-23-19)21(26)25-13-17-6-5-11-22(27,4-2)18(17)14-25/h7-10,12,17-18,27H,3-6,11,13-14H2,1-2H3,(H,23,24)/t17-,18+,22-/m0/s1. The summed E-state index contributed by atoms with van der Waals surface area (Å²) in [6.07, 6.45) is 4.78. The van der Waals surface area contributed by atoms with E-state index in [9.17, 15) is 9.90 Å². The zero-order valence-electron chi connectivity index (χ0n) is 16.2. The largest absolute Gasteiger partial charge is 0.390 e. The molecule has 1 aromatic heterocycles. The highest BCUT2D eigenvalue weighted by atomic mass is 16.3. The molecule has 1 aliphatic heterocycles. The van der Waals surface area contributed by atoms with Crippen molar-refractivity contribution in [3.8, 4) is 11.3 Å². The molecule has 2 aromatic rings. The summed E-state index contributed by atoms with van der Waals surface area (Å²) < 4.78 is 0. The summed E-state index contributed by atoms with van der Waals surface area (Å²) in [4.78, 5) is 14.9. The molecule has 5 heteroatoms. The average molecular weight is 367 g/mol. The van der Waals surface area contributed by atoms with Crippen LogP contribution in [0, 0.1) is 11.8 Å². The maximum absolute atomic E-state index is 13.0. The molecule has 2 aliphatic rings. The minimum Gasteiger partial charge on any atom is -0.390 e. The molecule has 0 spiro atoms. The zero-order chi connectivity index (χ0) is 19.0. The van der Waals surface area contributed by atoms with Gasteiger partial charge in [0.15, 0.2) is 0 Å². The van der Waals surface area contributed by atoms with Gasteiger partial charge in [0.1, 0.15) is 5.69 Å². The molecule has 0 bridgehead atoms. The van der Waals surface area contributed by atoms with Gasteiger partial charge in [0.2, 0.25) is 0 Å². The molecular weight excluding hydrogens is 338 g/mol. The normalized spacial score (nSPS) is 27.6. The van der Waals surface area contributed by atoms with E-state index in [2.05, 4.69) is 48.3 Å². The SMILES string of the molecule is CCc1ccc(-c2cc(C(=O)N3C[C@@H]4CCC[C@@](O)(CC)[C@@H]4C3)[nH]n2)cc1. The lowest BCUT2D eigenvalue weighted by atomic mass is 9.69. The number of carbonyl (C=O) groups is 1. The monoisotopic (exact) mass is 367 g/mol. The molecule has 3 atom stereocenters. The van der Waals surface area contributed by atoms with Gasteiger partial charge in [-0.15, -0.1) is 0 Å². The van der Waals surface area contributed by atoms with E-state index in [0.717, 1.165) is 49.9 Å². The van der Waals surface area contributed by atoms with Crippen molar-refractivity contribution < 1.29 is 9.90 Å². The molecule has 4 rings (SSSR count). The van der Waals surface area contributed by atoms with Gasteiger partial charge in [0.25, 0.3) is 5.91 Å². The molecule has 0 radical (unpaired) electrons. The lowest BCUT2D eigenvalue weighted by molar-refractivity contribution is -0.0609. The van der Waals surface area contributed by atoms with Gasteiger partial charge in [-0.05, 0) is 43.2 Å². The van der Waals surface area contributed by atoms with Crippen LogP contribution in [0.5, 0.6) is 0 Å². The van der Waals surface area contributed by atoms with E-state index >= 15 is 0 Å². The Balaban J connectivity index is 1.50. The predicted octanol–water partition coefficient (Wildman–Crippen LogP) is 3.65. The van der Waals surface area contributed by atoms with Crippen LogP contribution >= 0.6 is 0 Å². The minimum absolute atomic E-state index is 0.00761. The van der Waals surface area contributed by atoms with Gasteiger partial charge in [-0.25, -0.2) is 0 Å². The number of aryl methyl sites for hydroxylation is 1. The summed E-state index contributed by atoms with van der Waals surface area (Å²) in [5, 5.41) is 18.2. The fraction of sp³-hybridized carbons (Fsp3) is 0.545. The number of aromatic nitrogens is 2. The fourth-order valence-electron chi connectivity index (χ4n) is 4.89. The summed E-state index contributed by atoms with van der Waals surface area (Å²) in [6.45, 7) is 5.57. The molecule has 5 nitrogen and oxygen atoms in total. The van der Waals surface area contributed by atoms with Crippen molar-refractivity contribution >= 4 is 5.91 Å². The molecule has 1 aromatic carbocycles. The summed E-state index contributed by atoms with van der Waals surface area (Å²) >= 11 is 0. The number of fused-ring (bicyclic) bond motifs is 1. The Morgan fingerprint density at radius 2 is 2.07 bits per heavy atom. The third-order valence-corrected chi connectivity index (χ3v) is 6.68. The van der Waals surface area contributed by atoms with Gasteiger partial charge in [0, 0.05) is 24.6 Å². The zero-order valence-corrected chi connectivity index (χ0v) is 16.2. The van der Waals surface area contributed by atoms with Crippen molar-refractivity contribution in [3.63, 3.8) is 0 Å². The van der Waals surface area contributed by atoms with E-state index in [0.29, 0.717) is 18.2 Å². The maximum Gasteiger partial charge on any atom is 0.271 e. The Hall–Kier alpha value is -2.14. The third-order valence-electron chi connectivity index (χ3n) is 6.68. The number of aromatic amines is 1. The number of benzene rings is 1. The number of rotatable bonds is 4. The van der Waals surface area contributed by atoms with Gasteiger partial charge >= 0.3 is 0 Å². The molecule has 1 amide bonds. The van der Waals surface area contributed by atoms with Crippen LogP contribution in [0.25, 0.3) is 11.3 Å². The van der Waals surface area contributed by atoms with Gasteiger partial charge in [-0.3, -0.25) is 9.89 Å². The molecule has 2 N–H and O–H groups in total. The molecule has 1 saturated carbocycles. The Labute approximate surface area is 160 Å². The molecule has 2 heterocycles. The fourth-order valence-corrected chi connectivity index (χ4v) is 4.89. The number of likely N-dealkylation sites (tertiary alicyclic amines) is 1. The second-order valence-corrected chi connectivity index (χ2v) is 8.14. The Morgan fingerprint density at radius 1 is 1.30 bits per heavy atom. The Bertz CT molecular complexity index is 813. The van der Waals surface area contributed by atoms with Crippen LogP contribution in [0.15, 0.2) is 30.3 Å². The van der Waals surface area contributed by atoms with Crippen LogP contribution in [0.1, 0.15) is 55.6 Å². The van der Waals surface area contributed by atoms with E-state index in [4.69, 9.17) is 0 Å². The smallest absolute Gasteiger partial charge is 0.271 e. The van der Waals surface area contributed by atoms with Crippen molar-refractivity contribution in [1.29, 1.82) is 0 Å². The number of carbonyl (C=O) groups excluding carboxylic acids is 1. The minimum atomic E-state index is -0.613. The lowest BCUT2D eigenvalue weighted by Crippen LogP contribution is -2.44. The number of nitrogens with one attached hydrogen (secondary N) is 1. The number of aliphatic hydroxyl groups is 1. The third kappa shape index (κ3) is 3.29. The van der Waals surface area contributed by atoms with E-state index in [1.54, 1.807) is 0 Å². The molecule has 144 valence electrons. The van der Waals surface area contributed by atoms with Crippen LogP contribution < -0.4 is 0 Å². The highest BCUT2D eigenvalue weighted by molar-refractivity contribution is 5.93. The topological polar surface area (TPSA) is 69.2 Å². The molecular formula is C22H29N3O2. The van der Waals surface area contributed by atoms with Crippen LogP contribution in [-0.2, 0) is 6.42 Å².